The third-order valence-corrected chi connectivity index (χ3v) is 9.41. The van der Waals surface area contributed by atoms with Crippen molar-refractivity contribution in [3.8, 4) is 17.6 Å². The number of nitrogens with two attached hydrogens (primary N) is 1. The Balaban J connectivity index is 1.66. The van der Waals surface area contributed by atoms with Crippen LogP contribution in [0.25, 0.3) is 0 Å². The van der Waals surface area contributed by atoms with Gasteiger partial charge in [0.15, 0.2) is 0 Å². The van der Waals surface area contributed by atoms with Crippen LogP contribution in [0, 0.1) is 41.4 Å². The van der Waals surface area contributed by atoms with Crippen molar-refractivity contribution in [3.05, 3.63) is 29.3 Å². The van der Waals surface area contributed by atoms with Crippen LogP contribution in [0.15, 0.2) is 18.2 Å². The van der Waals surface area contributed by atoms with Crippen molar-refractivity contribution in [2.24, 2.45) is 35.3 Å². The van der Waals surface area contributed by atoms with Crippen LogP contribution in [0.5, 0.6) is 5.75 Å². The normalized spacial score (nSPS) is 41.2. The van der Waals surface area contributed by atoms with Crippen molar-refractivity contribution in [1.29, 1.82) is 0 Å². The number of aromatic hydroxyl groups is 1. The van der Waals surface area contributed by atoms with Gasteiger partial charge in [0.05, 0.1) is 17.1 Å². The van der Waals surface area contributed by atoms with Crippen LogP contribution in [0.3, 0.4) is 0 Å². The lowest BCUT2D eigenvalue weighted by Gasteiger charge is -2.68. The molecule has 2 aliphatic heterocycles. The highest BCUT2D eigenvalue weighted by molar-refractivity contribution is 5.39. The van der Waals surface area contributed by atoms with Gasteiger partial charge in [-0.3, -0.25) is 0 Å². The van der Waals surface area contributed by atoms with E-state index >= 15 is 0 Å². The molecular formula is C28H39NO4. The molecule has 6 rings (SSSR count). The molecule has 7 atom stereocenters. The van der Waals surface area contributed by atoms with Crippen molar-refractivity contribution >= 4 is 0 Å². The van der Waals surface area contributed by atoms with Crippen LogP contribution in [0.4, 0.5) is 0 Å². The van der Waals surface area contributed by atoms with Gasteiger partial charge in [0.1, 0.15) is 5.75 Å². The van der Waals surface area contributed by atoms with Gasteiger partial charge in [-0.25, -0.2) is 0 Å². The second-order valence-corrected chi connectivity index (χ2v) is 11.7. The number of aliphatic hydroxyl groups is 2. The second-order valence-electron chi connectivity index (χ2n) is 11.7. The maximum atomic E-state index is 10.2. The Morgan fingerprint density at radius 3 is 2.70 bits per heavy atom. The number of benzene rings is 1. The van der Waals surface area contributed by atoms with E-state index in [1.165, 1.54) is 5.56 Å². The van der Waals surface area contributed by atoms with E-state index in [9.17, 15) is 15.3 Å². The number of hydrogen-bond donors (Lipinski definition) is 4. The number of ether oxygens (including phenoxy) is 1. The molecule has 2 saturated carbocycles. The summed E-state index contributed by atoms with van der Waals surface area (Å²) >= 11 is 0. The number of hydrogen-bond acceptors (Lipinski definition) is 5. The molecule has 0 radical (unpaired) electrons. The van der Waals surface area contributed by atoms with Crippen molar-refractivity contribution in [3.63, 3.8) is 0 Å². The first-order valence-corrected chi connectivity index (χ1v) is 12.7. The molecule has 0 amide bonds. The molecule has 2 heterocycles. The number of phenolic OH excluding ortho intramolecular Hbond substituents is 1. The minimum Gasteiger partial charge on any atom is -0.508 e. The molecule has 33 heavy (non-hydrogen) atoms. The van der Waals surface area contributed by atoms with E-state index in [0.29, 0.717) is 18.8 Å². The Kier molecular flexibility index (Phi) is 5.81. The SMILES string of the molecule is CC1(C)OC23CCC1C(N)(CCO)C2C#CCc1cc(O)ccc1CC1CC(CO)CC3C1. The Bertz CT molecular complexity index is 964. The Hall–Kier alpha value is -1.58. The maximum absolute atomic E-state index is 10.2. The number of aliphatic hydroxyl groups excluding tert-OH is 2. The van der Waals surface area contributed by atoms with Crippen molar-refractivity contribution in [2.75, 3.05) is 13.2 Å². The van der Waals surface area contributed by atoms with E-state index in [4.69, 9.17) is 10.5 Å². The van der Waals surface area contributed by atoms with Gasteiger partial charge in [-0.15, -0.1) is 0 Å². The summed E-state index contributed by atoms with van der Waals surface area (Å²) in [6.45, 7) is 4.56. The average Bonchev–Trinajstić information content (AvgIpc) is 2.77. The molecule has 5 nitrogen and oxygen atoms in total. The summed E-state index contributed by atoms with van der Waals surface area (Å²) < 4.78 is 7.07. The summed E-state index contributed by atoms with van der Waals surface area (Å²) in [6.07, 6.45) is 6.92. The van der Waals surface area contributed by atoms with Crippen molar-refractivity contribution in [1.82, 2.24) is 0 Å². The van der Waals surface area contributed by atoms with Gasteiger partial charge in [-0.2, -0.15) is 0 Å². The van der Waals surface area contributed by atoms with Gasteiger partial charge >= 0.3 is 0 Å². The molecule has 5 heteroatoms. The Labute approximate surface area is 197 Å². The van der Waals surface area contributed by atoms with Crippen LogP contribution < -0.4 is 5.73 Å². The predicted octanol–water partition coefficient (Wildman–Crippen LogP) is 3.17. The van der Waals surface area contributed by atoms with E-state index in [-0.39, 0.29) is 48.2 Å². The molecule has 180 valence electrons. The summed E-state index contributed by atoms with van der Waals surface area (Å²) in [7, 11) is 0. The largest absolute Gasteiger partial charge is 0.508 e. The van der Waals surface area contributed by atoms with Crippen LogP contribution in [-0.2, 0) is 17.6 Å². The zero-order valence-electron chi connectivity index (χ0n) is 20.0. The van der Waals surface area contributed by atoms with E-state index in [2.05, 4.69) is 25.7 Å². The third-order valence-electron chi connectivity index (χ3n) is 9.41. The lowest BCUT2D eigenvalue weighted by molar-refractivity contribution is -0.307. The van der Waals surface area contributed by atoms with Gasteiger partial charge < -0.3 is 25.8 Å². The maximum Gasteiger partial charge on any atom is 0.115 e. The molecule has 7 unspecified atom stereocenters. The van der Waals surface area contributed by atoms with Crippen LogP contribution in [-0.4, -0.2) is 45.3 Å². The number of phenols is 1. The van der Waals surface area contributed by atoms with Crippen LogP contribution in [0.1, 0.15) is 63.5 Å². The van der Waals surface area contributed by atoms with Crippen LogP contribution >= 0.6 is 0 Å². The average molecular weight is 454 g/mol. The van der Waals surface area contributed by atoms with E-state index in [0.717, 1.165) is 44.1 Å². The lowest BCUT2D eigenvalue weighted by Crippen LogP contribution is -2.77. The highest BCUT2D eigenvalue weighted by Crippen LogP contribution is 2.62. The Morgan fingerprint density at radius 1 is 1.15 bits per heavy atom. The fraction of sp³-hybridized carbons (Fsp3) is 0.714. The predicted molar refractivity (Wildman–Crippen MR) is 127 cm³/mol. The summed E-state index contributed by atoms with van der Waals surface area (Å²) in [5.41, 5.74) is 8.12. The van der Waals surface area contributed by atoms with Gasteiger partial charge in [0, 0.05) is 31.1 Å². The standard InChI is InChI=1S/C28H39NO4/c1-26(2)24-8-9-28(33-26)22-14-18(12-19(15-22)17-31)13-21-6-7-23(32)16-20(21)4-3-5-25(28)27(24,29)10-11-30/h6-7,16,18-19,22,24-25,30-32H,4,8-15,17,29H2,1-2H3. The van der Waals surface area contributed by atoms with Gasteiger partial charge in [-0.1, -0.05) is 17.9 Å². The fourth-order valence-corrected chi connectivity index (χ4v) is 8.21. The van der Waals surface area contributed by atoms with Crippen molar-refractivity contribution < 1.29 is 20.1 Å². The first-order valence-electron chi connectivity index (χ1n) is 12.7. The molecule has 3 aliphatic carbocycles. The minimum absolute atomic E-state index is 0.0423. The highest BCUT2D eigenvalue weighted by Gasteiger charge is 2.68. The van der Waals surface area contributed by atoms with E-state index in [1.807, 2.05) is 12.1 Å². The molecule has 4 fully saturated rings. The summed E-state index contributed by atoms with van der Waals surface area (Å²) in [4.78, 5) is 0. The monoisotopic (exact) mass is 453 g/mol. The number of fused-ring (bicyclic) bond motifs is 5. The molecule has 1 spiro atoms. The molecule has 1 aromatic rings. The molecule has 5 aliphatic rings. The Morgan fingerprint density at radius 2 is 1.97 bits per heavy atom. The highest BCUT2D eigenvalue weighted by atomic mass is 16.5. The zero-order valence-corrected chi connectivity index (χ0v) is 20.0. The first-order chi connectivity index (χ1) is 15.7. The third kappa shape index (κ3) is 3.71. The summed E-state index contributed by atoms with van der Waals surface area (Å²) in [6, 6.07) is 5.66. The van der Waals surface area contributed by atoms with Crippen LogP contribution in [0.2, 0.25) is 0 Å². The summed E-state index contributed by atoms with van der Waals surface area (Å²) in [5, 5.41) is 30.4. The van der Waals surface area contributed by atoms with E-state index < -0.39 is 11.1 Å². The van der Waals surface area contributed by atoms with Gasteiger partial charge in [0.2, 0.25) is 0 Å². The minimum atomic E-state index is -0.612. The second kappa shape index (κ2) is 8.27. The molecule has 4 bridgehead atoms. The first kappa shape index (κ1) is 23.2. The topological polar surface area (TPSA) is 95.9 Å². The summed E-state index contributed by atoms with van der Waals surface area (Å²) in [5.74, 6) is 8.23. The lowest BCUT2D eigenvalue weighted by atomic mass is 9.48. The van der Waals surface area contributed by atoms with E-state index in [1.54, 1.807) is 6.07 Å². The van der Waals surface area contributed by atoms with Gasteiger partial charge in [-0.05, 0) is 99.8 Å². The van der Waals surface area contributed by atoms with Gasteiger partial charge in [0.25, 0.3) is 0 Å². The fourth-order valence-electron chi connectivity index (χ4n) is 8.21. The molecule has 2 saturated heterocycles. The smallest absolute Gasteiger partial charge is 0.115 e. The molecule has 0 aromatic heterocycles. The molecular weight excluding hydrogens is 414 g/mol. The quantitative estimate of drug-likeness (QED) is 0.527. The molecule has 5 N–H and O–H groups in total. The zero-order chi connectivity index (χ0) is 23.4. The van der Waals surface area contributed by atoms with Crippen molar-refractivity contribution in [2.45, 2.75) is 82.0 Å². The molecule has 1 aromatic carbocycles. The number of rotatable bonds is 3.